The van der Waals surface area contributed by atoms with E-state index in [0.29, 0.717) is 5.91 Å². The molecule has 1 amide bonds. The van der Waals surface area contributed by atoms with Gasteiger partial charge in [0.15, 0.2) is 5.82 Å². The summed E-state index contributed by atoms with van der Waals surface area (Å²) in [4.78, 5) is 17.4. The number of likely N-dealkylation sites (tertiary alicyclic amines) is 1. The molecule has 26 heavy (non-hydrogen) atoms. The summed E-state index contributed by atoms with van der Waals surface area (Å²) in [5.74, 6) is 3.13. The van der Waals surface area contributed by atoms with E-state index in [2.05, 4.69) is 52.9 Å². The molecule has 2 atom stereocenters. The van der Waals surface area contributed by atoms with Crippen molar-refractivity contribution < 1.29 is 4.79 Å². The third-order valence-corrected chi connectivity index (χ3v) is 6.63. The Hall–Kier alpha value is -1.65. The van der Waals surface area contributed by atoms with Gasteiger partial charge in [-0.05, 0) is 49.7 Å². The van der Waals surface area contributed by atoms with Crippen LogP contribution in [0.25, 0.3) is 0 Å². The zero-order valence-corrected chi connectivity index (χ0v) is 16.4. The molecule has 0 radical (unpaired) electrons. The van der Waals surface area contributed by atoms with E-state index in [9.17, 15) is 4.79 Å². The number of fused-ring (bicyclic) bond motifs is 1. The van der Waals surface area contributed by atoms with Crippen LogP contribution in [0.15, 0.2) is 12.1 Å². The van der Waals surface area contributed by atoms with Gasteiger partial charge in [-0.2, -0.15) is 5.10 Å². The molecule has 1 saturated carbocycles. The second-order valence-corrected chi connectivity index (χ2v) is 9.48. The number of amides is 1. The molecule has 5 nitrogen and oxygen atoms in total. The summed E-state index contributed by atoms with van der Waals surface area (Å²) in [7, 11) is 0. The summed E-state index contributed by atoms with van der Waals surface area (Å²) in [5, 5.41) is 8.84. The molecule has 1 aromatic rings. The van der Waals surface area contributed by atoms with Crippen molar-refractivity contribution in [2.45, 2.75) is 58.3 Å². The van der Waals surface area contributed by atoms with Crippen molar-refractivity contribution >= 4 is 11.7 Å². The number of aromatic nitrogens is 2. The first-order valence-corrected chi connectivity index (χ1v) is 10.3. The highest BCUT2D eigenvalue weighted by molar-refractivity contribution is 5.79. The van der Waals surface area contributed by atoms with Crippen LogP contribution in [0.2, 0.25) is 0 Å². The summed E-state index contributed by atoms with van der Waals surface area (Å²) in [6.07, 6.45) is 5.90. The van der Waals surface area contributed by atoms with Gasteiger partial charge in [0.25, 0.3) is 0 Å². The second-order valence-electron chi connectivity index (χ2n) is 9.48. The number of rotatable bonds is 2. The molecule has 3 aliphatic rings. The average Bonchev–Trinajstić information content (AvgIpc) is 3.23. The van der Waals surface area contributed by atoms with Gasteiger partial charge in [0.05, 0.1) is 5.69 Å². The van der Waals surface area contributed by atoms with Gasteiger partial charge in [-0.15, -0.1) is 5.10 Å². The van der Waals surface area contributed by atoms with Crippen LogP contribution in [0, 0.1) is 17.8 Å². The Bertz CT molecular complexity index is 631. The highest BCUT2D eigenvalue weighted by atomic mass is 16.2. The lowest BCUT2D eigenvalue weighted by molar-refractivity contribution is -0.135. The lowest BCUT2D eigenvalue weighted by Crippen LogP contribution is -2.42. The highest BCUT2D eigenvalue weighted by Gasteiger charge is 2.40. The molecule has 0 spiro atoms. The molecule has 142 valence electrons. The minimum Gasteiger partial charge on any atom is -0.355 e. The Morgan fingerprint density at radius 1 is 1.00 bits per heavy atom. The lowest BCUT2D eigenvalue weighted by Gasteiger charge is -2.34. The smallest absolute Gasteiger partial charge is 0.225 e. The number of carbonyl (C=O) groups is 1. The van der Waals surface area contributed by atoms with E-state index < -0.39 is 0 Å². The average molecular weight is 357 g/mol. The highest BCUT2D eigenvalue weighted by Crippen LogP contribution is 2.38. The lowest BCUT2D eigenvalue weighted by atomic mass is 9.92. The SMILES string of the molecule is CC(C)(C)c1ccc(N2CCC(C(=O)N3CC4CCCC4C3)CC2)nn1. The van der Waals surface area contributed by atoms with Crippen molar-refractivity contribution in [1.82, 2.24) is 15.1 Å². The Balaban J connectivity index is 1.32. The molecule has 3 fully saturated rings. The summed E-state index contributed by atoms with van der Waals surface area (Å²) in [6, 6.07) is 4.17. The summed E-state index contributed by atoms with van der Waals surface area (Å²) in [5.41, 5.74) is 1.05. The van der Waals surface area contributed by atoms with Gasteiger partial charge in [0.1, 0.15) is 0 Å². The molecule has 1 aromatic heterocycles. The Morgan fingerprint density at radius 3 is 2.19 bits per heavy atom. The van der Waals surface area contributed by atoms with Crippen LogP contribution in [0.3, 0.4) is 0 Å². The van der Waals surface area contributed by atoms with Crippen LogP contribution >= 0.6 is 0 Å². The maximum atomic E-state index is 12.9. The minimum atomic E-state index is 0.0268. The van der Waals surface area contributed by atoms with Crippen LogP contribution in [-0.4, -0.2) is 47.2 Å². The fraction of sp³-hybridized carbons (Fsp3) is 0.762. The van der Waals surface area contributed by atoms with Crippen molar-refractivity contribution in [3.05, 3.63) is 17.8 Å². The minimum absolute atomic E-state index is 0.0268. The van der Waals surface area contributed by atoms with Crippen LogP contribution in [0.1, 0.15) is 58.6 Å². The molecule has 0 N–H and O–H groups in total. The van der Waals surface area contributed by atoms with Crippen LogP contribution in [0.4, 0.5) is 5.82 Å². The van der Waals surface area contributed by atoms with Gasteiger partial charge >= 0.3 is 0 Å². The number of piperidine rings is 1. The van der Waals surface area contributed by atoms with E-state index >= 15 is 0 Å². The maximum Gasteiger partial charge on any atom is 0.225 e. The third-order valence-electron chi connectivity index (χ3n) is 6.63. The molecule has 0 aromatic carbocycles. The Kier molecular flexibility index (Phi) is 4.66. The first-order chi connectivity index (χ1) is 12.4. The van der Waals surface area contributed by atoms with E-state index in [1.807, 2.05) is 0 Å². The summed E-state index contributed by atoms with van der Waals surface area (Å²) in [6.45, 7) is 10.3. The molecule has 2 saturated heterocycles. The third kappa shape index (κ3) is 3.45. The van der Waals surface area contributed by atoms with Gasteiger partial charge in [-0.3, -0.25) is 4.79 Å². The molecule has 1 aliphatic carbocycles. The van der Waals surface area contributed by atoms with Gasteiger partial charge in [0, 0.05) is 37.5 Å². The zero-order chi connectivity index (χ0) is 18.3. The monoisotopic (exact) mass is 356 g/mol. The number of anilines is 1. The standard InChI is InChI=1S/C21H32N4O/c1-21(2,3)18-7-8-19(23-22-18)24-11-9-15(10-12-24)20(26)25-13-16-5-4-6-17(16)14-25/h7-8,15-17H,4-6,9-14H2,1-3H3. The number of nitrogens with zero attached hydrogens (tertiary/aromatic N) is 4. The second kappa shape index (κ2) is 6.82. The fourth-order valence-electron chi connectivity index (χ4n) is 4.92. The van der Waals surface area contributed by atoms with Crippen molar-refractivity contribution in [3.63, 3.8) is 0 Å². The Morgan fingerprint density at radius 2 is 1.65 bits per heavy atom. The molecular formula is C21H32N4O. The van der Waals surface area contributed by atoms with Crippen molar-refractivity contribution in [2.24, 2.45) is 17.8 Å². The summed E-state index contributed by atoms with van der Waals surface area (Å²) >= 11 is 0. The number of carbonyl (C=O) groups excluding carboxylic acids is 1. The molecular weight excluding hydrogens is 324 g/mol. The predicted octanol–water partition coefficient (Wildman–Crippen LogP) is 3.25. The Labute approximate surface area is 157 Å². The summed E-state index contributed by atoms with van der Waals surface area (Å²) < 4.78 is 0. The van der Waals surface area contributed by atoms with Crippen molar-refractivity contribution in [2.75, 3.05) is 31.1 Å². The van der Waals surface area contributed by atoms with E-state index in [1.54, 1.807) is 0 Å². The van der Waals surface area contributed by atoms with Crippen molar-refractivity contribution in [1.29, 1.82) is 0 Å². The first kappa shape index (κ1) is 17.7. The normalized spacial score (nSPS) is 27.0. The molecule has 4 rings (SSSR count). The van der Waals surface area contributed by atoms with Crippen LogP contribution < -0.4 is 4.90 Å². The predicted molar refractivity (Wildman–Crippen MR) is 103 cm³/mol. The van der Waals surface area contributed by atoms with E-state index in [1.165, 1.54) is 19.3 Å². The first-order valence-electron chi connectivity index (χ1n) is 10.3. The largest absolute Gasteiger partial charge is 0.355 e. The number of hydrogen-bond donors (Lipinski definition) is 0. The van der Waals surface area contributed by atoms with Gasteiger partial charge in [-0.1, -0.05) is 27.2 Å². The van der Waals surface area contributed by atoms with Crippen LogP contribution in [-0.2, 0) is 10.2 Å². The number of hydrogen-bond acceptors (Lipinski definition) is 4. The molecule has 2 unspecified atom stereocenters. The molecule has 2 aliphatic heterocycles. The molecule has 3 heterocycles. The van der Waals surface area contributed by atoms with Gasteiger partial charge in [0.2, 0.25) is 5.91 Å². The fourth-order valence-corrected chi connectivity index (χ4v) is 4.92. The van der Waals surface area contributed by atoms with Crippen LogP contribution in [0.5, 0.6) is 0 Å². The molecule has 5 heteroatoms. The maximum absolute atomic E-state index is 12.9. The van der Waals surface area contributed by atoms with E-state index in [4.69, 9.17) is 0 Å². The van der Waals surface area contributed by atoms with Crippen molar-refractivity contribution in [3.8, 4) is 0 Å². The van der Waals surface area contributed by atoms with Gasteiger partial charge < -0.3 is 9.80 Å². The van der Waals surface area contributed by atoms with Gasteiger partial charge in [-0.25, -0.2) is 0 Å². The topological polar surface area (TPSA) is 49.3 Å². The molecule has 0 bridgehead atoms. The zero-order valence-electron chi connectivity index (χ0n) is 16.4. The van der Waals surface area contributed by atoms with E-state index in [0.717, 1.165) is 62.4 Å². The van der Waals surface area contributed by atoms with E-state index in [-0.39, 0.29) is 11.3 Å². The quantitative estimate of drug-likeness (QED) is 0.816.